The Morgan fingerprint density at radius 1 is 1.17 bits per heavy atom. The smallest absolute Gasteiger partial charge is 0.311 e. The van der Waals surface area contributed by atoms with Crippen LogP contribution < -0.4 is 5.32 Å². The Morgan fingerprint density at radius 2 is 1.78 bits per heavy atom. The van der Waals surface area contributed by atoms with E-state index >= 15 is 0 Å². The average Bonchev–Trinajstić information content (AvgIpc) is 2.41. The maximum absolute atomic E-state index is 12.2. The summed E-state index contributed by atoms with van der Waals surface area (Å²) < 4.78 is 4.63. The lowest BCUT2D eigenvalue weighted by Gasteiger charge is -2.45. The molecule has 0 aromatic rings. The summed E-state index contributed by atoms with van der Waals surface area (Å²) in [6.07, 6.45) is -0.907. The predicted molar refractivity (Wildman–Crippen MR) is 74.2 cm³/mol. The van der Waals surface area contributed by atoms with E-state index in [9.17, 15) is 29.1 Å². The van der Waals surface area contributed by atoms with E-state index in [2.05, 4.69) is 10.1 Å². The van der Waals surface area contributed by atoms with Crippen molar-refractivity contribution in [3.05, 3.63) is 0 Å². The maximum Gasteiger partial charge on any atom is 0.311 e. The fourth-order valence-corrected chi connectivity index (χ4v) is 2.80. The minimum absolute atomic E-state index is 0.0439. The number of carboxylic acids is 2. The number of nitrogens with one attached hydrogen (secondary N) is 1. The van der Waals surface area contributed by atoms with Crippen molar-refractivity contribution in [1.82, 2.24) is 5.32 Å². The van der Waals surface area contributed by atoms with E-state index in [1.807, 2.05) is 0 Å². The first-order chi connectivity index (χ1) is 10.8. The molecule has 1 rings (SSSR count). The second-order valence-corrected chi connectivity index (χ2v) is 5.41. The molecular weight excluding hydrogens is 310 g/mol. The molecule has 23 heavy (non-hydrogen) atoms. The van der Waals surface area contributed by atoms with Gasteiger partial charge in [0.05, 0.1) is 17.8 Å². The van der Waals surface area contributed by atoms with E-state index in [1.54, 1.807) is 6.92 Å². The van der Waals surface area contributed by atoms with Gasteiger partial charge in [0.1, 0.15) is 17.8 Å². The normalized spacial score (nSPS) is 27.2. The molecule has 0 bridgehead atoms. The number of Topliss-reactive ketones (excluding diaryl/α,β-unsaturated/α-hetero) is 1. The van der Waals surface area contributed by atoms with Gasteiger partial charge in [-0.25, -0.2) is 0 Å². The SMILES string of the molecule is CCC(CNC(=O)C1C(C(C)=O)C(OC=O)C1C(=O)O)C(=O)O. The van der Waals surface area contributed by atoms with Crippen LogP contribution in [0.3, 0.4) is 0 Å². The lowest BCUT2D eigenvalue weighted by molar-refractivity contribution is -0.187. The van der Waals surface area contributed by atoms with E-state index in [1.165, 1.54) is 6.92 Å². The molecule has 3 N–H and O–H groups in total. The number of aliphatic carboxylic acids is 2. The number of carboxylic acid groups (broad SMARTS) is 2. The Labute approximate surface area is 132 Å². The van der Waals surface area contributed by atoms with Gasteiger partial charge in [-0.2, -0.15) is 0 Å². The quantitative estimate of drug-likeness (QED) is 0.470. The molecule has 9 nitrogen and oxygen atoms in total. The van der Waals surface area contributed by atoms with Crippen molar-refractivity contribution in [3.63, 3.8) is 0 Å². The van der Waals surface area contributed by atoms with Gasteiger partial charge in [0.2, 0.25) is 5.91 Å². The summed E-state index contributed by atoms with van der Waals surface area (Å²) in [7, 11) is 0. The van der Waals surface area contributed by atoms with Crippen molar-refractivity contribution < 1.29 is 38.9 Å². The van der Waals surface area contributed by atoms with Crippen LogP contribution in [-0.4, -0.2) is 53.0 Å². The summed E-state index contributed by atoms with van der Waals surface area (Å²) in [6.45, 7) is 2.69. The lowest BCUT2D eigenvalue weighted by atomic mass is 9.60. The van der Waals surface area contributed by atoms with Gasteiger partial charge in [0, 0.05) is 6.54 Å². The molecule has 1 aliphatic carbocycles. The molecule has 1 fully saturated rings. The van der Waals surface area contributed by atoms with Crippen LogP contribution in [0.5, 0.6) is 0 Å². The van der Waals surface area contributed by atoms with Gasteiger partial charge in [0.25, 0.3) is 6.47 Å². The second kappa shape index (κ2) is 7.70. The molecule has 0 spiro atoms. The van der Waals surface area contributed by atoms with Gasteiger partial charge in [-0.1, -0.05) is 6.92 Å². The summed E-state index contributed by atoms with van der Waals surface area (Å²) in [5, 5.41) is 20.5. The molecule has 0 aliphatic heterocycles. The first-order valence-corrected chi connectivity index (χ1v) is 7.09. The number of rotatable bonds is 9. The fourth-order valence-electron chi connectivity index (χ4n) is 2.80. The number of carbonyl (C=O) groups excluding carboxylic acids is 3. The Balaban J connectivity index is 2.86. The topological polar surface area (TPSA) is 147 Å². The van der Waals surface area contributed by atoms with Crippen LogP contribution >= 0.6 is 0 Å². The van der Waals surface area contributed by atoms with Crippen molar-refractivity contribution in [1.29, 1.82) is 0 Å². The highest BCUT2D eigenvalue weighted by atomic mass is 16.5. The first-order valence-electron chi connectivity index (χ1n) is 7.09. The molecule has 1 aliphatic rings. The zero-order valence-electron chi connectivity index (χ0n) is 12.7. The van der Waals surface area contributed by atoms with E-state index in [0.717, 1.165) is 0 Å². The number of ether oxygens (including phenoxy) is 1. The average molecular weight is 329 g/mol. The van der Waals surface area contributed by atoms with E-state index in [-0.39, 0.29) is 19.4 Å². The van der Waals surface area contributed by atoms with Crippen molar-refractivity contribution in [2.75, 3.05) is 6.54 Å². The van der Waals surface area contributed by atoms with Crippen LogP contribution in [0.25, 0.3) is 0 Å². The molecule has 0 radical (unpaired) electrons. The molecule has 9 heteroatoms. The van der Waals surface area contributed by atoms with Crippen LogP contribution in [0.4, 0.5) is 0 Å². The third kappa shape index (κ3) is 3.85. The highest BCUT2D eigenvalue weighted by molar-refractivity contribution is 5.95. The minimum Gasteiger partial charge on any atom is -0.481 e. The van der Waals surface area contributed by atoms with Gasteiger partial charge < -0.3 is 20.3 Å². The Hall–Kier alpha value is -2.45. The lowest BCUT2D eigenvalue weighted by Crippen LogP contribution is -2.63. The standard InChI is InChI=1S/C14H19NO8/c1-3-7(13(19)20)4-15-12(18)9-8(6(2)17)11(23-5-16)10(9)14(21)22/h5,7-11H,3-4H2,1-2H3,(H,15,18)(H,19,20)(H,21,22). The van der Waals surface area contributed by atoms with Gasteiger partial charge in [-0.3, -0.25) is 24.0 Å². The van der Waals surface area contributed by atoms with Gasteiger partial charge in [0.15, 0.2) is 0 Å². The zero-order chi connectivity index (χ0) is 17.7. The zero-order valence-corrected chi connectivity index (χ0v) is 12.7. The molecule has 128 valence electrons. The summed E-state index contributed by atoms with van der Waals surface area (Å²) >= 11 is 0. The number of amides is 1. The van der Waals surface area contributed by atoms with Crippen LogP contribution in [0.15, 0.2) is 0 Å². The molecule has 5 atom stereocenters. The first kappa shape index (κ1) is 18.6. The largest absolute Gasteiger partial charge is 0.481 e. The summed E-state index contributed by atoms with van der Waals surface area (Å²) in [6, 6.07) is 0. The van der Waals surface area contributed by atoms with Crippen LogP contribution in [0, 0.1) is 23.7 Å². The third-order valence-electron chi connectivity index (χ3n) is 4.12. The monoisotopic (exact) mass is 329 g/mol. The summed E-state index contributed by atoms with van der Waals surface area (Å²) in [5.41, 5.74) is 0. The van der Waals surface area contributed by atoms with Crippen molar-refractivity contribution in [2.24, 2.45) is 23.7 Å². The number of hydrogen-bond donors (Lipinski definition) is 3. The molecule has 1 amide bonds. The van der Waals surface area contributed by atoms with Gasteiger partial charge >= 0.3 is 11.9 Å². The molecule has 1 saturated carbocycles. The summed E-state index contributed by atoms with van der Waals surface area (Å²) in [5.74, 6) is -8.03. The molecule has 0 heterocycles. The van der Waals surface area contributed by atoms with Gasteiger partial charge in [-0.05, 0) is 13.3 Å². The molecule has 0 saturated heterocycles. The molecular formula is C14H19NO8. The second-order valence-electron chi connectivity index (χ2n) is 5.41. The fraction of sp³-hybridized carbons (Fsp3) is 0.643. The minimum atomic E-state index is -1.36. The number of carbonyl (C=O) groups is 5. The van der Waals surface area contributed by atoms with Crippen LogP contribution in [0.1, 0.15) is 20.3 Å². The molecule has 0 aromatic carbocycles. The highest BCUT2D eigenvalue weighted by Crippen LogP contribution is 2.43. The van der Waals surface area contributed by atoms with Crippen molar-refractivity contribution >= 4 is 30.1 Å². The van der Waals surface area contributed by atoms with E-state index < -0.39 is 53.4 Å². The maximum atomic E-state index is 12.2. The van der Waals surface area contributed by atoms with Crippen molar-refractivity contribution in [2.45, 2.75) is 26.4 Å². The number of hydrogen-bond acceptors (Lipinski definition) is 6. The van der Waals surface area contributed by atoms with Crippen LogP contribution in [-0.2, 0) is 28.7 Å². The Morgan fingerprint density at radius 3 is 2.17 bits per heavy atom. The van der Waals surface area contributed by atoms with Crippen LogP contribution in [0.2, 0.25) is 0 Å². The predicted octanol–water partition coefficient (Wildman–Crippen LogP) is -0.709. The molecule has 0 aromatic heterocycles. The van der Waals surface area contributed by atoms with Gasteiger partial charge in [-0.15, -0.1) is 0 Å². The highest BCUT2D eigenvalue weighted by Gasteiger charge is 2.61. The summed E-state index contributed by atoms with van der Waals surface area (Å²) in [4.78, 5) is 56.5. The Kier molecular flexibility index (Phi) is 6.23. The number of ketones is 1. The van der Waals surface area contributed by atoms with Crippen molar-refractivity contribution in [3.8, 4) is 0 Å². The molecule has 5 unspecified atom stereocenters. The van der Waals surface area contributed by atoms with E-state index in [4.69, 9.17) is 5.11 Å². The third-order valence-corrected chi connectivity index (χ3v) is 4.12. The Bertz CT molecular complexity index is 495. The van der Waals surface area contributed by atoms with E-state index in [0.29, 0.717) is 0 Å².